The fourth-order valence-corrected chi connectivity index (χ4v) is 2.02. The van der Waals surface area contributed by atoms with Crippen LogP contribution < -0.4 is 14.8 Å². The second-order valence-corrected chi connectivity index (χ2v) is 5.96. The van der Waals surface area contributed by atoms with Crippen molar-refractivity contribution < 1.29 is 27.8 Å². The van der Waals surface area contributed by atoms with Crippen LogP contribution in [0, 0.1) is 0 Å². The van der Waals surface area contributed by atoms with Crippen LogP contribution in [0.3, 0.4) is 0 Å². The number of carbonyl (C=O) groups excluding carboxylic acids is 1. The first-order valence-electron chi connectivity index (χ1n) is 6.08. The summed E-state index contributed by atoms with van der Waals surface area (Å²) in [5.41, 5.74) is -0.00354. The minimum absolute atomic E-state index is 0.0633. The molecule has 1 amide bonds. The Labute approximate surface area is 128 Å². The summed E-state index contributed by atoms with van der Waals surface area (Å²) < 4.78 is 40.2. The van der Waals surface area contributed by atoms with Gasteiger partial charge in [-0.05, 0) is 38.5 Å². The molecule has 1 aromatic carbocycles. The Morgan fingerprint density at radius 3 is 2.62 bits per heavy atom. The summed E-state index contributed by atoms with van der Waals surface area (Å²) in [5, 5.41) is 2.79. The monoisotopic (exact) mass is 365 g/mol. The highest BCUT2D eigenvalue weighted by atomic mass is 79.9. The van der Waals surface area contributed by atoms with Crippen LogP contribution in [-0.4, -0.2) is 18.0 Å². The van der Waals surface area contributed by atoms with Crippen LogP contribution in [0.4, 0.5) is 19.3 Å². The fourth-order valence-electron chi connectivity index (χ4n) is 1.69. The maximum absolute atomic E-state index is 13.2. The van der Waals surface area contributed by atoms with Gasteiger partial charge in [0.15, 0.2) is 11.5 Å². The van der Waals surface area contributed by atoms with Crippen molar-refractivity contribution in [3.05, 3.63) is 17.7 Å². The van der Waals surface area contributed by atoms with Crippen molar-refractivity contribution in [3.63, 3.8) is 0 Å². The van der Waals surface area contributed by atoms with Crippen LogP contribution in [0.25, 0.3) is 0 Å². The molecule has 1 aromatic rings. The van der Waals surface area contributed by atoms with Crippen LogP contribution in [0.1, 0.15) is 26.3 Å². The van der Waals surface area contributed by atoms with E-state index >= 15 is 0 Å². The Kier molecular flexibility index (Phi) is 4.01. The van der Waals surface area contributed by atoms with Gasteiger partial charge in [-0.3, -0.25) is 5.32 Å². The predicted octanol–water partition coefficient (Wildman–Crippen LogP) is 4.25. The summed E-state index contributed by atoms with van der Waals surface area (Å²) in [6.07, 6.45) is -4.52. The predicted molar refractivity (Wildman–Crippen MR) is 75.1 cm³/mol. The van der Waals surface area contributed by atoms with Gasteiger partial charge in [-0.25, -0.2) is 4.79 Å². The SMILES string of the molecule is CC(C)(C)OC(=O)Nc1cc(CBr)cc2c1OC(F)(F)O2. The minimum Gasteiger partial charge on any atom is -0.444 e. The number of anilines is 1. The second kappa shape index (κ2) is 5.32. The number of hydrogen-bond donors (Lipinski definition) is 1. The molecule has 0 aliphatic carbocycles. The number of nitrogens with one attached hydrogen (secondary N) is 1. The summed E-state index contributed by atoms with van der Waals surface area (Å²) in [6, 6.07) is 2.91. The lowest BCUT2D eigenvalue weighted by Crippen LogP contribution is -2.28. The molecule has 5 nitrogen and oxygen atoms in total. The molecule has 2 rings (SSSR count). The molecule has 0 saturated carbocycles. The van der Waals surface area contributed by atoms with Crippen LogP contribution >= 0.6 is 15.9 Å². The first kappa shape index (κ1) is 15.8. The summed E-state index contributed by atoms with van der Waals surface area (Å²) in [4.78, 5) is 11.8. The van der Waals surface area contributed by atoms with Crippen LogP contribution in [0.5, 0.6) is 11.5 Å². The normalized spacial score (nSPS) is 15.7. The van der Waals surface area contributed by atoms with Crippen LogP contribution in [-0.2, 0) is 10.1 Å². The molecule has 0 atom stereocenters. The van der Waals surface area contributed by atoms with Gasteiger partial charge in [-0.1, -0.05) is 15.9 Å². The van der Waals surface area contributed by atoms with E-state index in [-0.39, 0.29) is 17.2 Å². The molecule has 0 fully saturated rings. The maximum atomic E-state index is 13.2. The molecule has 0 radical (unpaired) electrons. The Morgan fingerprint density at radius 1 is 1.38 bits per heavy atom. The smallest absolute Gasteiger partial charge is 0.444 e. The number of hydrogen-bond acceptors (Lipinski definition) is 4. The molecule has 0 spiro atoms. The summed E-state index contributed by atoms with van der Waals surface area (Å²) in [7, 11) is 0. The van der Waals surface area contributed by atoms with Crippen molar-refractivity contribution in [2.75, 3.05) is 5.32 Å². The van der Waals surface area contributed by atoms with Crippen molar-refractivity contribution in [3.8, 4) is 11.5 Å². The van der Waals surface area contributed by atoms with Crippen LogP contribution in [0.15, 0.2) is 12.1 Å². The maximum Gasteiger partial charge on any atom is 0.586 e. The van der Waals surface area contributed by atoms with E-state index in [0.717, 1.165) is 0 Å². The average Bonchev–Trinajstić information content (AvgIpc) is 2.60. The van der Waals surface area contributed by atoms with Gasteiger partial charge in [0.25, 0.3) is 0 Å². The lowest BCUT2D eigenvalue weighted by Gasteiger charge is -2.20. The van der Waals surface area contributed by atoms with E-state index in [0.29, 0.717) is 10.9 Å². The summed E-state index contributed by atoms with van der Waals surface area (Å²) in [6.45, 7) is 5.08. The van der Waals surface area contributed by atoms with E-state index in [1.807, 2.05) is 0 Å². The number of alkyl halides is 3. The highest BCUT2D eigenvalue weighted by Crippen LogP contribution is 2.47. The molecule has 0 bridgehead atoms. The standard InChI is InChI=1S/C13H14BrF2NO4/c1-12(2,3)21-11(18)17-8-4-7(6-14)5-9-10(8)20-13(15,16)19-9/h4-5H,6H2,1-3H3,(H,17,18). The first-order valence-corrected chi connectivity index (χ1v) is 7.20. The third-order valence-electron chi connectivity index (χ3n) is 2.35. The molecule has 1 aliphatic rings. The molecule has 0 saturated heterocycles. The molecule has 1 heterocycles. The van der Waals surface area contributed by atoms with Gasteiger partial charge in [0.2, 0.25) is 0 Å². The molecule has 21 heavy (non-hydrogen) atoms. The molecule has 0 aromatic heterocycles. The first-order chi connectivity index (χ1) is 9.59. The van der Waals surface area contributed by atoms with Gasteiger partial charge >= 0.3 is 12.4 Å². The van der Waals surface area contributed by atoms with E-state index in [4.69, 9.17) is 4.74 Å². The van der Waals surface area contributed by atoms with Crippen molar-refractivity contribution in [2.45, 2.75) is 38.0 Å². The Morgan fingerprint density at radius 2 is 2.05 bits per heavy atom. The molecular formula is C13H14BrF2NO4. The molecular weight excluding hydrogens is 352 g/mol. The molecule has 8 heteroatoms. The molecule has 1 N–H and O–H groups in total. The van der Waals surface area contributed by atoms with E-state index in [1.54, 1.807) is 20.8 Å². The van der Waals surface area contributed by atoms with Crippen molar-refractivity contribution in [2.24, 2.45) is 0 Å². The number of carbonyl (C=O) groups is 1. The number of rotatable bonds is 2. The number of amides is 1. The summed E-state index contributed by atoms with van der Waals surface area (Å²) >= 11 is 3.22. The largest absolute Gasteiger partial charge is 0.586 e. The number of benzene rings is 1. The van der Waals surface area contributed by atoms with Gasteiger partial charge in [-0.15, -0.1) is 8.78 Å². The van der Waals surface area contributed by atoms with Gasteiger partial charge < -0.3 is 14.2 Å². The highest BCUT2D eigenvalue weighted by Gasteiger charge is 2.45. The van der Waals surface area contributed by atoms with Crippen molar-refractivity contribution in [1.82, 2.24) is 0 Å². The quantitative estimate of drug-likeness (QED) is 0.796. The number of halogens is 3. The summed E-state index contributed by atoms with van der Waals surface area (Å²) in [5.74, 6) is -0.362. The zero-order valence-corrected chi connectivity index (χ0v) is 13.2. The molecule has 0 unspecified atom stereocenters. The highest BCUT2D eigenvalue weighted by molar-refractivity contribution is 9.08. The lowest BCUT2D eigenvalue weighted by molar-refractivity contribution is -0.286. The molecule has 1 aliphatic heterocycles. The van der Waals surface area contributed by atoms with E-state index < -0.39 is 18.0 Å². The zero-order valence-electron chi connectivity index (χ0n) is 11.6. The fraction of sp³-hybridized carbons (Fsp3) is 0.462. The average molecular weight is 366 g/mol. The van der Waals surface area contributed by atoms with Gasteiger partial charge in [0, 0.05) is 5.33 Å². The van der Waals surface area contributed by atoms with Crippen molar-refractivity contribution >= 4 is 27.7 Å². The Bertz CT molecular complexity index is 572. The minimum atomic E-state index is -3.75. The number of ether oxygens (including phenoxy) is 3. The van der Waals surface area contributed by atoms with E-state index in [1.165, 1.54) is 12.1 Å². The van der Waals surface area contributed by atoms with Gasteiger partial charge in [0.1, 0.15) is 5.60 Å². The zero-order chi connectivity index (χ0) is 15.8. The second-order valence-electron chi connectivity index (χ2n) is 5.40. The van der Waals surface area contributed by atoms with E-state index in [2.05, 4.69) is 30.7 Å². The molecule has 116 valence electrons. The Balaban J connectivity index is 2.28. The third kappa shape index (κ3) is 3.96. The van der Waals surface area contributed by atoms with Gasteiger partial charge in [0.05, 0.1) is 5.69 Å². The van der Waals surface area contributed by atoms with E-state index in [9.17, 15) is 13.6 Å². The topological polar surface area (TPSA) is 56.8 Å². The van der Waals surface area contributed by atoms with Gasteiger partial charge in [-0.2, -0.15) is 0 Å². The van der Waals surface area contributed by atoms with Crippen molar-refractivity contribution in [1.29, 1.82) is 0 Å². The van der Waals surface area contributed by atoms with Crippen LogP contribution in [0.2, 0.25) is 0 Å². The third-order valence-corrected chi connectivity index (χ3v) is 3.00. The Hall–Kier alpha value is -1.57. The lowest BCUT2D eigenvalue weighted by atomic mass is 10.2. The number of fused-ring (bicyclic) bond motifs is 1.